The molecule has 0 bridgehead atoms. The molecule has 0 fully saturated rings. The first kappa shape index (κ1) is 14.7. The van der Waals surface area contributed by atoms with Gasteiger partial charge in [-0.15, -0.1) is 0 Å². The van der Waals surface area contributed by atoms with E-state index in [0.717, 1.165) is 22.7 Å². The SMILES string of the molecule is CS(=O)(=O)N(CC(=O)NN)c1ccc(F)c(Cl)c1. The van der Waals surface area contributed by atoms with E-state index in [1.165, 1.54) is 6.07 Å². The number of carbonyl (C=O) groups excluding carboxylic acids is 1. The molecule has 0 atom stereocenters. The van der Waals surface area contributed by atoms with E-state index in [1.807, 2.05) is 5.43 Å². The number of nitrogens with zero attached hydrogens (tertiary/aromatic N) is 1. The molecule has 0 aliphatic carbocycles. The molecule has 1 rings (SSSR count). The third-order valence-corrected chi connectivity index (χ3v) is 3.47. The summed E-state index contributed by atoms with van der Waals surface area (Å²) in [5.41, 5.74) is 1.89. The van der Waals surface area contributed by atoms with Crippen molar-refractivity contribution in [1.82, 2.24) is 5.43 Å². The minimum atomic E-state index is -3.72. The molecule has 18 heavy (non-hydrogen) atoms. The van der Waals surface area contributed by atoms with Gasteiger partial charge in [0.15, 0.2) is 0 Å². The van der Waals surface area contributed by atoms with Crippen LogP contribution in [-0.2, 0) is 14.8 Å². The molecular formula is C9H11ClFN3O3S. The number of anilines is 1. The maximum absolute atomic E-state index is 13.0. The Labute approximate surface area is 109 Å². The summed E-state index contributed by atoms with van der Waals surface area (Å²) < 4.78 is 36.8. The van der Waals surface area contributed by atoms with Crippen molar-refractivity contribution in [2.24, 2.45) is 5.84 Å². The highest BCUT2D eigenvalue weighted by atomic mass is 35.5. The maximum Gasteiger partial charge on any atom is 0.254 e. The van der Waals surface area contributed by atoms with E-state index in [1.54, 1.807) is 0 Å². The van der Waals surface area contributed by atoms with Crippen molar-refractivity contribution >= 4 is 33.2 Å². The fourth-order valence-electron chi connectivity index (χ4n) is 1.22. The molecule has 100 valence electrons. The van der Waals surface area contributed by atoms with Crippen LogP contribution in [0.3, 0.4) is 0 Å². The molecule has 0 aromatic heterocycles. The van der Waals surface area contributed by atoms with Gasteiger partial charge in [-0.3, -0.25) is 14.5 Å². The van der Waals surface area contributed by atoms with Crippen molar-refractivity contribution in [2.75, 3.05) is 17.1 Å². The highest BCUT2D eigenvalue weighted by Crippen LogP contribution is 2.24. The highest BCUT2D eigenvalue weighted by molar-refractivity contribution is 7.92. The van der Waals surface area contributed by atoms with Crippen molar-refractivity contribution in [3.05, 3.63) is 29.0 Å². The Morgan fingerprint density at radius 1 is 1.56 bits per heavy atom. The van der Waals surface area contributed by atoms with Gasteiger partial charge in [0.2, 0.25) is 10.0 Å². The van der Waals surface area contributed by atoms with Gasteiger partial charge in [0.1, 0.15) is 12.4 Å². The molecule has 3 N–H and O–H groups in total. The smallest absolute Gasteiger partial charge is 0.254 e. The largest absolute Gasteiger partial charge is 0.293 e. The van der Waals surface area contributed by atoms with Crippen molar-refractivity contribution in [3.63, 3.8) is 0 Å². The average Bonchev–Trinajstić information content (AvgIpc) is 2.28. The molecular weight excluding hydrogens is 285 g/mol. The topological polar surface area (TPSA) is 92.5 Å². The van der Waals surface area contributed by atoms with Crippen molar-refractivity contribution in [2.45, 2.75) is 0 Å². The summed E-state index contributed by atoms with van der Waals surface area (Å²) in [5.74, 6) is 3.50. The number of hydrogen-bond acceptors (Lipinski definition) is 4. The predicted molar refractivity (Wildman–Crippen MR) is 65.9 cm³/mol. The van der Waals surface area contributed by atoms with Gasteiger partial charge in [0, 0.05) is 0 Å². The summed E-state index contributed by atoms with van der Waals surface area (Å²) in [7, 11) is -3.72. The summed E-state index contributed by atoms with van der Waals surface area (Å²) in [5, 5.41) is -0.241. The van der Waals surface area contributed by atoms with E-state index in [2.05, 4.69) is 0 Å². The fourth-order valence-corrected chi connectivity index (χ4v) is 2.24. The first-order chi connectivity index (χ1) is 8.25. The molecule has 6 nitrogen and oxygen atoms in total. The van der Waals surface area contributed by atoms with Crippen LogP contribution in [0.25, 0.3) is 0 Å². The van der Waals surface area contributed by atoms with Gasteiger partial charge in [-0.1, -0.05) is 11.6 Å². The lowest BCUT2D eigenvalue weighted by atomic mass is 10.3. The Balaban J connectivity index is 3.18. The average molecular weight is 296 g/mol. The van der Waals surface area contributed by atoms with E-state index >= 15 is 0 Å². The molecule has 1 amide bonds. The zero-order chi connectivity index (χ0) is 13.9. The molecule has 0 saturated heterocycles. The van der Waals surface area contributed by atoms with Crippen LogP contribution in [0.4, 0.5) is 10.1 Å². The summed E-state index contributed by atoms with van der Waals surface area (Å²) in [6.07, 6.45) is 0.911. The number of amides is 1. The van der Waals surface area contributed by atoms with Gasteiger partial charge in [0.05, 0.1) is 17.0 Å². The first-order valence-corrected chi connectivity index (χ1v) is 6.90. The zero-order valence-electron chi connectivity index (χ0n) is 9.35. The molecule has 0 unspecified atom stereocenters. The van der Waals surface area contributed by atoms with Crippen LogP contribution in [0.2, 0.25) is 5.02 Å². The zero-order valence-corrected chi connectivity index (χ0v) is 10.9. The number of rotatable bonds is 4. The van der Waals surface area contributed by atoms with Crippen LogP contribution in [-0.4, -0.2) is 27.1 Å². The third kappa shape index (κ3) is 3.56. The molecule has 0 spiro atoms. The monoisotopic (exact) mass is 295 g/mol. The van der Waals surface area contributed by atoms with Gasteiger partial charge >= 0.3 is 0 Å². The van der Waals surface area contributed by atoms with Crippen LogP contribution < -0.4 is 15.6 Å². The molecule has 0 aliphatic heterocycles. The van der Waals surface area contributed by atoms with Crippen molar-refractivity contribution in [3.8, 4) is 0 Å². The molecule has 1 aromatic rings. The Bertz CT molecular complexity index is 564. The lowest BCUT2D eigenvalue weighted by Crippen LogP contribution is -2.42. The lowest BCUT2D eigenvalue weighted by molar-refractivity contribution is -0.119. The minimum Gasteiger partial charge on any atom is -0.293 e. The molecule has 0 heterocycles. The van der Waals surface area contributed by atoms with Crippen LogP contribution in [0.5, 0.6) is 0 Å². The van der Waals surface area contributed by atoms with Gasteiger partial charge in [-0.05, 0) is 18.2 Å². The minimum absolute atomic E-state index is 0.0764. The van der Waals surface area contributed by atoms with Crippen LogP contribution in [0, 0.1) is 5.82 Å². The lowest BCUT2D eigenvalue weighted by Gasteiger charge is -2.21. The van der Waals surface area contributed by atoms with E-state index in [9.17, 15) is 17.6 Å². The Morgan fingerprint density at radius 3 is 2.61 bits per heavy atom. The molecule has 0 aliphatic rings. The normalized spacial score (nSPS) is 11.1. The van der Waals surface area contributed by atoms with E-state index in [0.29, 0.717) is 0 Å². The standard InChI is InChI=1S/C9H11ClFN3O3S/c1-18(16,17)14(5-9(15)13-12)6-2-3-8(11)7(10)4-6/h2-4H,5,12H2,1H3,(H,13,15). The third-order valence-electron chi connectivity index (χ3n) is 2.04. The number of nitrogens with one attached hydrogen (secondary N) is 1. The summed E-state index contributed by atoms with van der Waals surface area (Å²) >= 11 is 5.56. The van der Waals surface area contributed by atoms with Crippen LogP contribution in [0.15, 0.2) is 18.2 Å². The van der Waals surface area contributed by atoms with Gasteiger partial charge in [-0.25, -0.2) is 18.7 Å². The van der Waals surface area contributed by atoms with Gasteiger partial charge in [0.25, 0.3) is 5.91 Å². The highest BCUT2D eigenvalue weighted by Gasteiger charge is 2.21. The molecule has 0 saturated carbocycles. The van der Waals surface area contributed by atoms with Crippen molar-refractivity contribution < 1.29 is 17.6 Å². The number of halogens is 2. The summed E-state index contributed by atoms with van der Waals surface area (Å²) in [6.45, 7) is -0.517. The summed E-state index contributed by atoms with van der Waals surface area (Å²) in [4.78, 5) is 11.1. The van der Waals surface area contributed by atoms with Gasteiger partial charge in [-0.2, -0.15) is 0 Å². The van der Waals surface area contributed by atoms with E-state index < -0.39 is 28.3 Å². The predicted octanol–water partition coefficient (Wildman–Crippen LogP) is 0.235. The quantitative estimate of drug-likeness (QED) is 0.473. The van der Waals surface area contributed by atoms with E-state index in [-0.39, 0.29) is 10.7 Å². The number of benzene rings is 1. The fraction of sp³-hybridized carbons (Fsp3) is 0.222. The Kier molecular flexibility index (Phi) is 4.49. The van der Waals surface area contributed by atoms with E-state index in [4.69, 9.17) is 17.4 Å². The Hall–Kier alpha value is -1.38. The number of sulfonamides is 1. The molecule has 1 aromatic carbocycles. The van der Waals surface area contributed by atoms with Crippen LogP contribution >= 0.6 is 11.6 Å². The number of carbonyl (C=O) groups is 1. The number of nitrogens with two attached hydrogens (primary N) is 1. The molecule has 0 radical (unpaired) electrons. The number of hydrazine groups is 1. The Morgan fingerprint density at radius 2 is 2.17 bits per heavy atom. The first-order valence-electron chi connectivity index (χ1n) is 4.68. The van der Waals surface area contributed by atoms with Crippen LogP contribution in [0.1, 0.15) is 0 Å². The molecule has 9 heteroatoms. The number of hydrogen-bond donors (Lipinski definition) is 2. The second kappa shape index (κ2) is 5.51. The van der Waals surface area contributed by atoms with Gasteiger partial charge < -0.3 is 0 Å². The maximum atomic E-state index is 13.0. The summed E-state index contributed by atoms with van der Waals surface area (Å²) in [6, 6.07) is 3.32. The van der Waals surface area contributed by atoms with Crippen molar-refractivity contribution in [1.29, 1.82) is 0 Å². The second-order valence-electron chi connectivity index (χ2n) is 3.44. The second-order valence-corrected chi connectivity index (χ2v) is 5.75.